The number of carbonyl (C=O) groups excluding carboxylic acids is 2. The van der Waals surface area contributed by atoms with Crippen LogP contribution in [0.1, 0.15) is 25.3 Å². The number of piperidine rings is 1. The van der Waals surface area contributed by atoms with Crippen molar-refractivity contribution in [1.82, 2.24) is 9.97 Å². The molecule has 172 valence electrons. The van der Waals surface area contributed by atoms with Crippen molar-refractivity contribution in [3.8, 4) is 5.88 Å². The van der Waals surface area contributed by atoms with Gasteiger partial charge in [-0.25, -0.2) is 9.78 Å². The van der Waals surface area contributed by atoms with E-state index in [1.165, 1.54) is 6.33 Å². The van der Waals surface area contributed by atoms with Crippen LogP contribution >= 0.6 is 0 Å². The van der Waals surface area contributed by atoms with Crippen molar-refractivity contribution in [3.05, 3.63) is 52.3 Å². The number of carbonyl (C=O) groups is 2. The van der Waals surface area contributed by atoms with Crippen LogP contribution in [0.25, 0.3) is 0 Å². The van der Waals surface area contributed by atoms with Crippen LogP contribution in [0.2, 0.25) is 0 Å². The van der Waals surface area contributed by atoms with Crippen molar-refractivity contribution in [1.29, 1.82) is 0 Å². The van der Waals surface area contributed by atoms with E-state index in [0.29, 0.717) is 32.5 Å². The molecule has 0 atom stereocenters. The number of benzene rings is 1. The third-order valence-corrected chi connectivity index (χ3v) is 4.58. The lowest BCUT2D eigenvalue weighted by atomic mass is 9.97. The van der Waals surface area contributed by atoms with E-state index in [4.69, 9.17) is 14.3 Å². The maximum absolute atomic E-state index is 11.9. The normalized spacial score (nSPS) is 13.5. The van der Waals surface area contributed by atoms with Crippen LogP contribution in [0.4, 0.5) is 25.1 Å². The fourth-order valence-electron chi connectivity index (χ4n) is 3.16. The van der Waals surface area contributed by atoms with Crippen LogP contribution in [0.15, 0.2) is 36.7 Å². The number of ether oxygens (including phenoxy) is 2. The molecule has 1 saturated heterocycles. The quantitative estimate of drug-likeness (QED) is 0.267. The zero-order valence-electron chi connectivity index (χ0n) is 17.3. The fourth-order valence-corrected chi connectivity index (χ4v) is 3.16. The number of anilines is 1. The zero-order valence-corrected chi connectivity index (χ0v) is 17.3. The number of nitro groups is 1. The van der Waals surface area contributed by atoms with Gasteiger partial charge in [-0.15, -0.1) is 8.78 Å². The molecule has 0 bridgehead atoms. The summed E-state index contributed by atoms with van der Waals surface area (Å²) in [7, 11) is 0. The Morgan fingerprint density at radius 3 is 2.38 bits per heavy atom. The van der Waals surface area contributed by atoms with Crippen LogP contribution in [0.5, 0.6) is 5.88 Å². The monoisotopic (exact) mass is 452 g/mol. The van der Waals surface area contributed by atoms with Crippen LogP contribution < -0.4 is 9.64 Å². The molecular weight excluding hydrogens is 430 g/mol. The minimum absolute atomic E-state index is 0.0635. The SMILES string of the molecule is CCOC(=O)C1CCN(c2ncnc(OCc3ccccc3)c2[N+](=O)[O-])CC1.O=C(F)F. The fraction of sp³-hybridized carbons (Fsp3) is 0.400. The number of esters is 1. The molecule has 1 aromatic heterocycles. The Balaban J connectivity index is 0.000000837. The van der Waals surface area contributed by atoms with Crippen molar-refractivity contribution in [2.24, 2.45) is 5.92 Å². The van der Waals surface area contributed by atoms with Gasteiger partial charge in [0.1, 0.15) is 12.9 Å². The molecule has 0 radical (unpaired) electrons. The minimum atomic E-state index is -2.83. The summed E-state index contributed by atoms with van der Waals surface area (Å²) in [6, 6.07) is 9.36. The van der Waals surface area contributed by atoms with Gasteiger partial charge in [-0.2, -0.15) is 4.98 Å². The summed E-state index contributed by atoms with van der Waals surface area (Å²) in [4.78, 5) is 41.1. The Hall–Kier alpha value is -3.70. The second-order valence-corrected chi connectivity index (χ2v) is 6.62. The summed E-state index contributed by atoms with van der Waals surface area (Å²) in [6.07, 6.45) is -0.458. The highest BCUT2D eigenvalue weighted by Crippen LogP contribution is 2.35. The molecule has 0 N–H and O–H groups in total. The number of hydrogen-bond acceptors (Lipinski definition) is 9. The van der Waals surface area contributed by atoms with Gasteiger partial charge < -0.3 is 14.4 Å². The second-order valence-electron chi connectivity index (χ2n) is 6.62. The molecule has 32 heavy (non-hydrogen) atoms. The third-order valence-electron chi connectivity index (χ3n) is 4.58. The molecule has 2 aromatic rings. The first-order valence-electron chi connectivity index (χ1n) is 9.76. The average molecular weight is 452 g/mol. The van der Waals surface area contributed by atoms with Gasteiger partial charge in [0.2, 0.25) is 5.82 Å². The van der Waals surface area contributed by atoms with E-state index in [-0.39, 0.29) is 35.9 Å². The largest absolute Gasteiger partial charge is 0.483 e. The molecule has 1 aliphatic rings. The molecule has 3 rings (SSSR count). The van der Waals surface area contributed by atoms with E-state index in [2.05, 4.69) is 9.97 Å². The molecule has 0 spiro atoms. The van der Waals surface area contributed by atoms with Crippen LogP contribution in [-0.2, 0) is 16.1 Å². The molecule has 12 heteroatoms. The predicted octanol–water partition coefficient (Wildman–Crippen LogP) is 3.79. The summed E-state index contributed by atoms with van der Waals surface area (Å²) in [5.74, 6) is -0.256. The van der Waals surface area contributed by atoms with Gasteiger partial charge >= 0.3 is 17.9 Å². The van der Waals surface area contributed by atoms with Crippen molar-refractivity contribution in [3.63, 3.8) is 0 Å². The lowest BCUT2D eigenvalue weighted by Crippen LogP contribution is -2.37. The van der Waals surface area contributed by atoms with E-state index >= 15 is 0 Å². The van der Waals surface area contributed by atoms with Gasteiger partial charge in [0, 0.05) is 13.1 Å². The molecular formula is C20H22F2N4O6. The third kappa shape index (κ3) is 7.22. The standard InChI is InChI=1S/C19H22N4O5.CF2O/c1-2-27-19(24)15-8-10-22(11-9-15)17-16(23(25)26)18(21-13-20-17)28-12-14-6-4-3-5-7-14;2-1(3)4/h3-7,13,15H,2,8-12H2,1H3;. The topological polar surface area (TPSA) is 125 Å². The zero-order chi connectivity index (χ0) is 23.5. The molecule has 1 aromatic carbocycles. The van der Waals surface area contributed by atoms with Gasteiger partial charge in [-0.3, -0.25) is 14.9 Å². The Bertz CT molecular complexity index is 920. The van der Waals surface area contributed by atoms with Gasteiger partial charge in [-0.05, 0) is 25.3 Å². The number of hydrogen-bond donors (Lipinski definition) is 0. The number of rotatable bonds is 7. The Morgan fingerprint density at radius 1 is 1.19 bits per heavy atom. The smallest absolute Gasteiger partial charge is 0.468 e. The maximum Gasteiger partial charge on any atom is 0.483 e. The molecule has 1 aliphatic heterocycles. The van der Waals surface area contributed by atoms with E-state index in [1.807, 2.05) is 30.3 Å². The Labute approximate surface area is 182 Å². The first kappa shape index (κ1) is 24.6. The average Bonchev–Trinajstić information content (AvgIpc) is 2.78. The number of halogens is 2. The van der Waals surface area contributed by atoms with Crippen molar-refractivity contribution in [2.75, 3.05) is 24.6 Å². The van der Waals surface area contributed by atoms with Crippen molar-refractivity contribution in [2.45, 2.75) is 26.4 Å². The summed E-state index contributed by atoms with van der Waals surface area (Å²) >= 11 is 0. The Kier molecular flexibility index (Phi) is 9.39. The molecule has 0 unspecified atom stereocenters. The first-order chi connectivity index (χ1) is 15.3. The minimum Gasteiger partial charge on any atom is -0.468 e. The molecule has 10 nitrogen and oxygen atoms in total. The van der Waals surface area contributed by atoms with Gasteiger partial charge in [0.15, 0.2) is 0 Å². The van der Waals surface area contributed by atoms with Gasteiger partial charge in [-0.1, -0.05) is 30.3 Å². The van der Waals surface area contributed by atoms with Crippen molar-refractivity contribution >= 4 is 23.8 Å². The summed E-state index contributed by atoms with van der Waals surface area (Å²) < 4.78 is 30.1. The van der Waals surface area contributed by atoms with Gasteiger partial charge in [0.25, 0.3) is 5.88 Å². The molecule has 0 saturated carbocycles. The highest BCUT2D eigenvalue weighted by atomic mass is 19.3. The number of nitrogens with zero attached hydrogens (tertiary/aromatic N) is 4. The molecule has 2 heterocycles. The van der Waals surface area contributed by atoms with E-state index < -0.39 is 11.2 Å². The molecule has 0 amide bonds. The second kappa shape index (κ2) is 12.2. The molecule has 0 aliphatic carbocycles. The van der Waals surface area contributed by atoms with Crippen LogP contribution in [0, 0.1) is 16.0 Å². The summed E-state index contributed by atoms with van der Waals surface area (Å²) in [5, 5.41) is 11.7. The predicted molar refractivity (Wildman–Crippen MR) is 109 cm³/mol. The highest BCUT2D eigenvalue weighted by molar-refractivity contribution is 5.73. The van der Waals surface area contributed by atoms with Crippen LogP contribution in [-0.4, -0.2) is 46.8 Å². The van der Waals surface area contributed by atoms with Crippen molar-refractivity contribution < 1.29 is 32.8 Å². The van der Waals surface area contributed by atoms with E-state index in [1.54, 1.807) is 11.8 Å². The highest BCUT2D eigenvalue weighted by Gasteiger charge is 2.32. The van der Waals surface area contributed by atoms with E-state index in [9.17, 15) is 23.7 Å². The lowest BCUT2D eigenvalue weighted by Gasteiger charge is -2.31. The molecule has 1 fully saturated rings. The maximum atomic E-state index is 11.9. The summed E-state index contributed by atoms with van der Waals surface area (Å²) in [6.45, 7) is 3.23. The first-order valence-corrected chi connectivity index (χ1v) is 9.76. The van der Waals surface area contributed by atoms with Gasteiger partial charge in [0.05, 0.1) is 17.4 Å². The Morgan fingerprint density at radius 2 is 1.81 bits per heavy atom. The number of aromatic nitrogens is 2. The summed E-state index contributed by atoms with van der Waals surface area (Å²) in [5.41, 5.74) is 0.625. The van der Waals surface area contributed by atoms with E-state index in [0.717, 1.165) is 5.56 Å². The lowest BCUT2D eigenvalue weighted by molar-refractivity contribution is -0.385. The van der Waals surface area contributed by atoms with Crippen LogP contribution in [0.3, 0.4) is 0 Å².